The molecule has 0 atom stereocenters. The van der Waals surface area contributed by atoms with Crippen LogP contribution in [0.5, 0.6) is 0 Å². The minimum absolute atomic E-state index is 0.667. The van der Waals surface area contributed by atoms with Crippen molar-refractivity contribution >= 4 is 11.3 Å². The fourth-order valence-electron chi connectivity index (χ4n) is 1.02. The van der Waals surface area contributed by atoms with E-state index in [2.05, 4.69) is 5.51 Å². The van der Waals surface area contributed by atoms with Gasteiger partial charge in [0.25, 0.3) is 0 Å². The Kier molecular flexibility index (Phi) is 1.80. The minimum atomic E-state index is 0.667. The van der Waals surface area contributed by atoms with E-state index in [0.717, 1.165) is 10.3 Å². The third kappa shape index (κ3) is 1.19. The van der Waals surface area contributed by atoms with E-state index in [1.54, 1.807) is 5.38 Å². The Bertz CT molecular complexity index is 369. The highest BCUT2D eigenvalue weighted by Gasteiger charge is 2.08. The Balaban J connectivity index is 2.51. The molecule has 2 nitrogen and oxygen atoms in total. The molecular weight excluding hydrogens is 170 g/mol. The van der Waals surface area contributed by atoms with E-state index >= 15 is 0 Å². The third-order valence-electron chi connectivity index (χ3n) is 1.59. The van der Waals surface area contributed by atoms with Crippen LogP contribution in [0.2, 0.25) is 0 Å². The molecule has 0 spiro atoms. The molecule has 1 heterocycles. The van der Waals surface area contributed by atoms with Gasteiger partial charge >= 0.3 is 5.51 Å². The van der Waals surface area contributed by atoms with Crippen LogP contribution in [-0.2, 0) is 0 Å². The number of thiazole rings is 1. The molecule has 0 unspecified atom stereocenters. The van der Waals surface area contributed by atoms with E-state index < -0.39 is 0 Å². The molecule has 0 N–H and O–H groups in total. The molecule has 0 bridgehead atoms. The van der Waals surface area contributed by atoms with Crippen molar-refractivity contribution in [2.75, 3.05) is 0 Å². The monoisotopic (exact) mass is 176 g/mol. The van der Waals surface area contributed by atoms with E-state index in [-0.39, 0.29) is 0 Å². The van der Waals surface area contributed by atoms with Crippen molar-refractivity contribution in [1.29, 1.82) is 0 Å². The summed E-state index contributed by atoms with van der Waals surface area (Å²) in [5.41, 5.74) is 4.17. The van der Waals surface area contributed by atoms with Crippen LogP contribution in [0, 0.1) is 10.7 Å². The van der Waals surface area contributed by atoms with Crippen LogP contribution in [0.3, 0.4) is 0 Å². The zero-order valence-electron chi connectivity index (χ0n) is 6.23. The average molecular weight is 176 g/mol. The van der Waals surface area contributed by atoms with Crippen molar-refractivity contribution < 1.29 is 4.73 Å². The quantitative estimate of drug-likeness (QED) is 0.481. The summed E-state index contributed by atoms with van der Waals surface area (Å²) in [6, 6.07) is 9.56. The van der Waals surface area contributed by atoms with Gasteiger partial charge in [0.2, 0.25) is 5.69 Å². The predicted octanol–water partition coefficient (Wildman–Crippen LogP) is 1.85. The van der Waals surface area contributed by atoms with Crippen LogP contribution >= 0.6 is 11.3 Å². The molecule has 0 fully saturated rings. The van der Waals surface area contributed by atoms with E-state index in [1.165, 1.54) is 11.3 Å². The molecule has 1 aromatic carbocycles. The molecule has 0 aliphatic rings. The van der Waals surface area contributed by atoms with Gasteiger partial charge in [-0.15, -0.1) is 4.73 Å². The Morgan fingerprint density at radius 3 is 2.58 bits per heavy atom. The summed E-state index contributed by atoms with van der Waals surface area (Å²) in [6.45, 7) is 0. The Labute approximate surface area is 74.3 Å². The molecule has 59 valence electrons. The fraction of sp³-hybridized carbons (Fsp3) is 0. The largest absolute Gasteiger partial charge is 0.617 e. The average Bonchev–Trinajstić information content (AvgIpc) is 2.53. The molecule has 0 aliphatic heterocycles. The first-order valence-electron chi connectivity index (χ1n) is 3.52. The smallest absolute Gasteiger partial charge is 0.359 e. The first-order valence-corrected chi connectivity index (χ1v) is 4.40. The first kappa shape index (κ1) is 7.31. The third-order valence-corrected chi connectivity index (χ3v) is 2.21. The van der Waals surface area contributed by atoms with Crippen molar-refractivity contribution in [3.63, 3.8) is 0 Å². The summed E-state index contributed by atoms with van der Waals surface area (Å²) in [4.78, 5) is 0. The molecule has 2 aromatic rings. The van der Waals surface area contributed by atoms with E-state index in [1.807, 2.05) is 30.3 Å². The van der Waals surface area contributed by atoms with E-state index in [4.69, 9.17) is 0 Å². The fourth-order valence-corrected chi connectivity index (χ4v) is 1.61. The van der Waals surface area contributed by atoms with Gasteiger partial charge in [0.05, 0.1) is 5.38 Å². The standard InChI is InChI=1S/C9H6NOS/c11-10-7-12-6-9(10)8-4-2-1-3-5-8/h1-6H. The van der Waals surface area contributed by atoms with Crippen LogP contribution in [0.25, 0.3) is 11.3 Å². The number of benzene rings is 1. The number of rotatable bonds is 1. The van der Waals surface area contributed by atoms with Crippen LogP contribution in [-0.4, -0.2) is 0 Å². The zero-order valence-corrected chi connectivity index (χ0v) is 7.04. The van der Waals surface area contributed by atoms with Gasteiger partial charge in [-0.3, -0.25) is 0 Å². The van der Waals surface area contributed by atoms with E-state index in [9.17, 15) is 5.21 Å². The van der Waals surface area contributed by atoms with Gasteiger partial charge < -0.3 is 5.21 Å². The van der Waals surface area contributed by atoms with Crippen molar-refractivity contribution in [2.24, 2.45) is 0 Å². The van der Waals surface area contributed by atoms with Gasteiger partial charge in [-0.25, -0.2) is 0 Å². The first-order chi connectivity index (χ1) is 5.88. The number of hydrogen-bond donors (Lipinski definition) is 0. The van der Waals surface area contributed by atoms with Gasteiger partial charge in [-0.05, 0) is 12.1 Å². The topological polar surface area (TPSA) is 26.9 Å². The second-order valence-electron chi connectivity index (χ2n) is 2.37. The van der Waals surface area contributed by atoms with E-state index in [0.29, 0.717) is 5.69 Å². The lowest BCUT2D eigenvalue weighted by atomic mass is 10.2. The van der Waals surface area contributed by atoms with Crippen LogP contribution in [0.1, 0.15) is 0 Å². The molecule has 1 radical (unpaired) electrons. The number of hydrogen-bond acceptors (Lipinski definition) is 2. The highest BCUT2D eigenvalue weighted by molar-refractivity contribution is 7.07. The summed E-state index contributed by atoms with van der Waals surface area (Å²) in [6.07, 6.45) is 0. The maximum Gasteiger partial charge on any atom is 0.359 e. The van der Waals surface area contributed by atoms with Gasteiger partial charge in [-0.2, -0.15) is 0 Å². The lowest BCUT2D eigenvalue weighted by Gasteiger charge is -1.95. The molecule has 12 heavy (non-hydrogen) atoms. The van der Waals surface area contributed by atoms with Gasteiger partial charge in [0, 0.05) is 5.56 Å². The molecule has 0 saturated heterocycles. The summed E-state index contributed by atoms with van der Waals surface area (Å²) >= 11 is 1.29. The summed E-state index contributed by atoms with van der Waals surface area (Å²) < 4.78 is 0.764. The molecular formula is C9H6NOS. The molecule has 1 aromatic heterocycles. The van der Waals surface area contributed by atoms with Gasteiger partial charge in [-0.1, -0.05) is 29.5 Å². The maximum atomic E-state index is 11.1. The Morgan fingerprint density at radius 2 is 2.00 bits per heavy atom. The number of nitrogens with zero attached hydrogens (tertiary/aromatic N) is 1. The molecule has 2 rings (SSSR count). The van der Waals surface area contributed by atoms with Crippen molar-refractivity contribution in [2.45, 2.75) is 0 Å². The van der Waals surface area contributed by atoms with Crippen molar-refractivity contribution in [1.82, 2.24) is 0 Å². The second-order valence-corrected chi connectivity index (χ2v) is 3.03. The summed E-state index contributed by atoms with van der Waals surface area (Å²) in [5.74, 6) is 0. The lowest BCUT2D eigenvalue weighted by molar-refractivity contribution is -0.592. The maximum absolute atomic E-state index is 11.1. The molecule has 0 saturated carbocycles. The lowest BCUT2D eigenvalue weighted by Crippen LogP contribution is -2.25. The Hall–Kier alpha value is -1.35. The highest BCUT2D eigenvalue weighted by Crippen LogP contribution is 2.15. The predicted molar refractivity (Wildman–Crippen MR) is 47.6 cm³/mol. The summed E-state index contributed by atoms with van der Waals surface area (Å²) in [7, 11) is 0. The normalized spacial score (nSPS) is 10.0. The minimum Gasteiger partial charge on any atom is -0.617 e. The second kappa shape index (κ2) is 2.95. The molecule has 0 amide bonds. The number of aromatic nitrogens is 1. The van der Waals surface area contributed by atoms with Gasteiger partial charge in [0.15, 0.2) is 0 Å². The SMILES string of the molecule is [O-][n+]1[c]scc1-c1ccccc1. The van der Waals surface area contributed by atoms with Crippen LogP contribution in [0.4, 0.5) is 0 Å². The highest BCUT2D eigenvalue weighted by atomic mass is 32.1. The summed E-state index contributed by atoms with van der Waals surface area (Å²) in [5, 5.41) is 12.9. The molecule has 0 aliphatic carbocycles. The zero-order chi connectivity index (χ0) is 8.39. The van der Waals surface area contributed by atoms with Crippen LogP contribution < -0.4 is 4.73 Å². The Morgan fingerprint density at radius 1 is 1.25 bits per heavy atom. The van der Waals surface area contributed by atoms with Crippen LogP contribution in [0.15, 0.2) is 35.7 Å². The van der Waals surface area contributed by atoms with Gasteiger partial charge in [0.1, 0.15) is 0 Å². The van der Waals surface area contributed by atoms with Crippen molar-refractivity contribution in [3.8, 4) is 11.3 Å². The van der Waals surface area contributed by atoms with Crippen molar-refractivity contribution in [3.05, 3.63) is 46.4 Å². The molecule has 3 heteroatoms.